The van der Waals surface area contributed by atoms with Gasteiger partial charge in [0.15, 0.2) is 12.5 Å². The Labute approximate surface area is 168 Å². The van der Waals surface area contributed by atoms with E-state index in [1.165, 1.54) is 12.7 Å². The van der Waals surface area contributed by atoms with Gasteiger partial charge in [0, 0.05) is 0 Å². The summed E-state index contributed by atoms with van der Waals surface area (Å²) in [6.45, 7) is 18.3. The van der Waals surface area contributed by atoms with Crippen LogP contribution in [0.15, 0.2) is 17.1 Å². The lowest BCUT2D eigenvalue weighted by Gasteiger charge is -2.51. The normalized spacial score (nSPS) is 20.9. The predicted molar refractivity (Wildman–Crippen MR) is 108 cm³/mol. The number of carbonyl (C=O) groups excluding carboxylic acids is 2. The smallest absolute Gasteiger partial charge is 0.417 e. The van der Waals surface area contributed by atoms with E-state index in [1.807, 2.05) is 0 Å². The summed E-state index contributed by atoms with van der Waals surface area (Å²) in [7, 11) is -2.33. The van der Waals surface area contributed by atoms with Gasteiger partial charge in [0.05, 0.1) is 0 Å². The first-order valence-corrected chi connectivity index (χ1v) is 12.1. The summed E-state index contributed by atoms with van der Waals surface area (Å²) in [6, 6.07) is -0.635. The number of oxazole rings is 1. The third kappa shape index (κ3) is 4.03. The average Bonchev–Trinajstić information content (AvgIpc) is 3.03. The second-order valence-electron chi connectivity index (χ2n) is 9.40. The lowest BCUT2D eigenvalue weighted by Crippen LogP contribution is -2.66. The van der Waals surface area contributed by atoms with Crippen LogP contribution in [0.2, 0.25) is 16.6 Å². The third-order valence-electron chi connectivity index (χ3n) is 5.43. The maximum atomic E-state index is 13.0. The van der Waals surface area contributed by atoms with Gasteiger partial charge in [-0.3, -0.25) is 4.79 Å². The van der Waals surface area contributed by atoms with Crippen molar-refractivity contribution in [1.29, 1.82) is 0 Å². The number of carbonyl (C=O) groups is 2. The molecule has 0 unspecified atom stereocenters. The molecule has 2 amide bonds. The molecule has 2 heterocycles. The molecule has 0 radical (unpaired) electrons. The molecule has 2 atom stereocenters. The second kappa shape index (κ2) is 7.98. The number of imide groups is 1. The van der Waals surface area contributed by atoms with Crippen molar-refractivity contribution in [3.63, 3.8) is 0 Å². The highest BCUT2D eigenvalue weighted by Crippen LogP contribution is 2.47. The van der Waals surface area contributed by atoms with Crippen molar-refractivity contribution < 1.29 is 23.2 Å². The van der Waals surface area contributed by atoms with Gasteiger partial charge >= 0.3 is 6.09 Å². The van der Waals surface area contributed by atoms with Gasteiger partial charge in [-0.2, -0.15) is 0 Å². The topological polar surface area (TPSA) is 81.9 Å². The summed E-state index contributed by atoms with van der Waals surface area (Å²) in [5.74, 6) is -0.374. The van der Waals surface area contributed by atoms with Crippen LogP contribution in [0.25, 0.3) is 0 Å². The average molecular weight is 411 g/mol. The number of ether oxygens (including phenoxy) is 1. The summed E-state index contributed by atoms with van der Waals surface area (Å²) in [6.07, 6.45) is 1.31. The van der Waals surface area contributed by atoms with Crippen LogP contribution in [-0.2, 0) is 14.0 Å². The van der Waals surface area contributed by atoms with E-state index in [0.29, 0.717) is 22.3 Å². The van der Waals surface area contributed by atoms with E-state index in [4.69, 9.17) is 13.6 Å². The second-order valence-corrected chi connectivity index (χ2v) is 14.8. The molecular formula is C20H34N2O5Si. The Bertz CT molecular complexity index is 672. The number of hydrogen-bond donors (Lipinski definition) is 0. The number of likely N-dealkylation sites (tertiary alicyclic amines) is 1. The highest BCUT2D eigenvalue weighted by molar-refractivity contribution is 6.77. The molecule has 1 aromatic heterocycles. The summed E-state index contributed by atoms with van der Waals surface area (Å²) < 4.78 is 17.2. The minimum atomic E-state index is -2.33. The van der Waals surface area contributed by atoms with E-state index in [9.17, 15) is 9.59 Å². The fourth-order valence-corrected chi connectivity index (χ4v) is 9.86. The zero-order valence-electron chi connectivity index (χ0n) is 18.5. The van der Waals surface area contributed by atoms with Crippen molar-refractivity contribution in [2.45, 2.75) is 96.7 Å². The van der Waals surface area contributed by atoms with Crippen LogP contribution in [0.5, 0.6) is 0 Å². The van der Waals surface area contributed by atoms with Gasteiger partial charge in [-0.25, -0.2) is 14.7 Å². The van der Waals surface area contributed by atoms with Crippen molar-refractivity contribution in [2.75, 3.05) is 0 Å². The van der Waals surface area contributed by atoms with E-state index in [0.717, 1.165) is 4.90 Å². The van der Waals surface area contributed by atoms with Gasteiger partial charge in [0.1, 0.15) is 23.6 Å². The van der Waals surface area contributed by atoms with Gasteiger partial charge in [-0.05, 0) is 37.4 Å². The highest BCUT2D eigenvalue weighted by atomic mass is 28.4. The molecule has 8 heteroatoms. The molecule has 0 N–H and O–H groups in total. The van der Waals surface area contributed by atoms with Crippen molar-refractivity contribution in [3.05, 3.63) is 18.4 Å². The molecule has 2 rings (SSSR count). The number of hydrogen-bond acceptors (Lipinski definition) is 6. The summed E-state index contributed by atoms with van der Waals surface area (Å²) >= 11 is 0. The monoisotopic (exact) mass is 410 g/mol. The zero-order valence-corrected chi connectivity index (χ0v) is 19.5. The molecule has 1 aliphatic rings. The van der Waals surface area contributed by atoms with Crippen LogP contribution in [0.1, 0.15) is 74.0 Å². The lowest BCUT2D eigenvalue weighted by molar-refractivity contribution is -0.163. The maximum absolute atomic E-state index is 13.0. The molecule has 0 aliphatic carbocycles. The molecule has 158 valence electrons. The molecule has 1 aromatic rings. The van der Waals surface area contributed by atoms with E-state index in [-0.39, 0.29) is 5.91 Å². The molecule has 1 fully saturated rings. The van der Waals surface area contributed by atoms with Crippen LogP contribution in [0.3, 0.4) is 0 Å². The van der Waals surface area contributed by atoms with Crippen molar-refractivity contribution in [3.8, 4) is 0 Å². The molecule has 28 heavy (non-hydrogen) atoms. The van der Waals surface area contributed by atoms with Crippen LogP contribution >= 0.6 is 0 Å². The molecule has 0 spiro atoms. The Morgan fingerprint density at radius 3 is 2.07 bits per heavy atom. The Balaban J connectivity index is 2.38. The largest absolute Gasteiger partial charge is 0.451 e. The number of aromatic nitrogens is 1. The molecule has 0 saturated carbocycles. The first-order chi connectivity index (χ1) is 12.8. The van der Waals surface area contributed by atoms with Crippen molar-refractivity contribution in [1.82, 2.24) is 9.88 Å². The Morgan fingerprint density at radius 1 is 1.14 bits per heavy atom. The third-order valence-corrected chi connectivity index (χ3v) is 11.5. The minimum absolute atomic E-state index is 0.314. The number of nitrogens with zero attached hydrogens (tertiary/aromatic N) is 2. The van der Waals surface area contributed by atoms with Crippen LogP contribution in [-0.4, -0.2) is 41.9 Å². The SMILES string of the molecule is CC(C)[Si](O[C@@H]1C(=O)N(C(=O)OC(C)(C)C)[C@@H]1c1cocn1)(C(C)C)C(C)C. The van der Waals surface area contributed by atoms with Crippen LogP contribution in [0.4, 0.5) is 4.79 Å². The van der Waals surface area contributed by atoms with Gasteiger partial charge < -0.3 is 13.6 Å². The number of rotatable bonds is 6. The molecule has 1 saturated heterocycles. The Hall–Kier alpha value is -1.67. The first-order valence-electron chi connectivity index (χ1n) is 9.94. The summed E-state index contributed by atoms with van der Waals surface area (Å²) in [4.78, 5) is 30.9. The van der Waals surface area contributed by atoms with Crippen molar-refractivity contribution in [2.24, 2.45) is 0 Å². The van der Waals surface area contributed by atoms with Gasteiger partial charge in [-0.1, -0.05) is 41.5 Å². The molecule has 0 aromatic carbocycles. The van der Waals surface area contributed by atoms with Crippen LogP contribution < -0.4 is 0 Å². The lowest BCUT2D eigenvalue weighted by atomic mass is 9.96. The first kappa shape index (κ1) is 22.6. The number of β-lactam (4-membered cyclic amide) rings is 1. The van der Waals surface area contributed by atoms with Crippen LogP contribution in [0, 0.1) is 0 Å². The van der Waals surface area contributed by atoms with Crippen molar-refractivity contribution >= 4 is 20.3 Å². The molecular weight excluding hydrogens is 376 g/mol. The molecule has 7 nitrogen and oxygen atoms in total. The van der Waals surface area contributed by atoms with E-state index >= 15 is 0 Å². The maximum Gasteiger partial charge on any atom is 0.417 e. The minimum Gasteiger partial charge on any atom is -0.451 e. The summed E-state index contributed by atoms with van der Waals surface area (Å²) in [5, 5.41) is 0. The standard InChI is InChI=1S/C20H34N2O5Si/c1-12(2)28(13(3)4,14(5)6)27-17-16(15-10-25-11-21-15)22(18(17)23)19(24)26-20(7,8)9/h10-14,16-17H,1-9H3/t16-,17+/m1/s1. The van der Waals surface area contributed by atoms with E-state index in [2.05, 4.69) is 46.5 Å². The fraction of sp³-hybridized carbons (Fsp3) is 0.750. The van der Waals surface area contributed by atoms with Gasteiger partial charge in [-0.15, -0.1) is 0 Å². The highest BCUT2D eigenvalue weighted by Gasteiger charge is 2.59. The zero-order chi connectivity index (χ0) is 21.4. The molecule has 0 bridgehead atoms. The molecule has 1 aliphatic heterocycles. The van der Waals surface area contributed by atoms with E-state index in [1.54, 1.807) is 20.8 Å². The predicted octanol–water partition coefficient (Wildman–Crippen LogP) is 5.05. The quantitative estimate of drug-likeness (QED) is 0.482. The number of amides is 2. The fourth-order valence-electron chi connectivity index (χ4n) is 4.38. The summed E-state index contributed by atoms with van der Waals surface area (Å²) in [5.41, 5.74) is 0.732. The Morgan fingerprint density at radius 2 is 1.68 bits per heavy atom. The van der Waals surface area contributed by atoms with E-state index < -0.39 is 32.2 Å². The van der Waals surface area contributed by atoms with Gasteiger partial charge in [0.25, 0.3) is 5.91 Å². The van der Waals surface area contributed by atoms with Gasteiger partial charge in [0.2, 0.25) is 8.32 Å². The Kier molecular flexibility index (Phi) is 6.45.